The number of aromatic nitrogens is 1. The predicted molar refractivity (Wildman–Crippen MR) is 69.1 cm³/mol. The van der Waals surface area contributed by atoms with E-state index in [-0.39, 0.29) is 27.2 Å². The van der Waals surface area contributed by atoms with E-state index in [0.717, 1.165) is 24.4 Å². The van der Waals surface area contributed by atoms with E-state index in [0.29, 0.717) is 0 Å². The van der Waals surface area contributed by atoms with Crippen LogP contribution in [0.5, 0.6) is 17.4 Å². The molecule has 0 unspecified atom stereocenters. The van der Waals surface area contributed by atoms with Gasteiger partial charge in [-0.05, 0) is 0 Å². The molecule has 6 nitrogen and oxygen atoms in total. The van der Waals surface area contributed by atoms with Crippen LogP contribution >= 0.6 is 23.2 Å². The molecule has 0 aliphatic carbocycles. The van der Waals surface area contributed by atoms with Gasteiger partial charge in [-0.15, -0.1) is 0 Å². The standard InChI is InChI=1S/C11H5Cl2FN2O4/c12-7-1-5(16(18)19)2-8(13)10(7)20-6-3-9(14)11(17)15-4-6/h1-4H,(H,15,17). The number of nitro groups is 1. The van der Waals surface area contributed by atoms with Crippen molar-refractivity contribution in [2.75, 3.05) is 0 Å². The average molecular weight is 319 g/mol. The van der Waals surface area contributed by atoms with Crippen LogP contribution in [0.3, 0.4) is 0 Å². The molecule has 2 rings (SSSR count). The third-order valence-corrected chi connectivity index (χ3v) is 2.77. The molecule has 0 aliphatic heterocycles. The average Bonchev–Trinajstić information content (AvgIpc) is 2.37. The quantitative estimate of drug-likeness (QED) is 0.684. The molecule has 1 heterocycles. The van der Waals surface area contributed by atoms with Gasteiger partial charge >= 0.3 is 0 Å². The number of hydrogen-bond acceptors (Lipinski definition) is 5. The summed E-state index contributed by atoms with van der Waals surface area (Å²) >= 11 is 11.6. The first-order valence-electron chi connectivity index (χ1n) is 5.04. The molecule has 0 saturated heterocycles. The van der Waals surface area contributed by atoms with E-state index in [9.17, 15) is 14.5 Å². The first kappa shape index (κ1) is 14.3. The van der Waals surface area contributed by atoms with E-state index in [1.54, 1.807) is 0 Å². The molecule has 0 radical (unpaired) electrons. The molecule has 9 heteroatoms. The Hall–Kier alpha value is -2.12. The van der Waals surface area contributed by atoms with Gasteiger partial charge in [-0.3, -0.25) is 10.1 Å². The van der Waals surface area contributed by atoms with E-state index in [1.165, 1.54) is 0 Å². The van der Waals surface area contributed by atoms with Gasteiger partial charge in [-0.25, -0.2) is 9.37 Å². The molecule has 20 heavy (non-hydrogen) atoms. The van der Waals surface area contributed by atoms with Crippen molar-refractivity contribution in [1.29, 1.82) is 0 Å². The Morgan fingerprint density at radius 2 is 1.90 bits per heavy atom. The van der Waals surface area contributed by atoms with E-state index >= 15 is 0 Å². The molecule has 1 aromatic heterocycles. The fourth-order valence-corrected chi connectivity index (χ4v) is 1.89. The predicted octanol–water partition coefficient (Wildman–Crippen LogP) is 3.93. The summed E-state index contributed by atoms with van der Waals surface area (Å²) in [4.78, 5) is 13.3. The molecule has 0 aliphatic rings. The SMILES string of the molecule is O=[N+]([O-])c1cc(Cl)c(Oc2cnc(O)c(F)c2)c(Cl)c1. The van der Waals surface area contributed by atoms with E-state index in [1.807, 2.05) is 0 Å². The monoisotopic (exact) mass is 318 g/mol. The first-order valence-corrected chi connectivity index (χ1v) is 5.80. The second-order valence-electron chi connectivity index (χ2n) is 3.57. The maximum atomic E-state index is 13.1. The first-order chi connectivity index (χ1) is 9.38. The summed E-state index contributed by atoms with van der Waals surface area (Å²) in [5.74, 6) is -1.92. The number of nitro benzene ring substituents is 1. The Labute approximate surface area is 121 Å². The van der Waals surface area contributed by atoms with E-state index in [4.69, 9.17) is 33.0 Å². The molecule has 0 fully saturated rings. The van der Waals surface area contributed by atoms with Gasteiger partial charge in [0.05, 0.1) is 21.2 Å². The summed E-state index contributed by atoms with van der Waals surface area (Å²) < 4.78 is 18.3. The Bertz CT molecular complexity index is 673. The van der Waals surface area contributed by atoms with Gasteiger partial charge in [-0.2, -0.15) is 0 Å². The van der Waals surface area contributed by atoms with E-state index < -0.39 is 16.6 Å². The number of ether oxygens (including phenoxy) is 1. The molecular formula is C11H5Cl2FN2O4. The molecule has 0 saturated carbocycles. The summed E-state index contributed by atoms with van der Waals surface area (Å²) in [6.45, 7) is 0. The Morgan fingerprint density at radius 3 is 2.40 bits per heavy atom. The molecule has 1 N–H and O–H groups in total. The topological polar surface area (TPSA) is 85.5 Å². The maximum absolute atomic E-state index is 13.1. The van der Waals surface area contributed by atoms with Crippen LogP contribution in [-0.2, 0) is 0 Å². The van der Waals surface area contributed by atoms with Gasteiger partial charge in [0.15, 0.2) is 11.6 Å². The van der Waals surface area contributed by atoms with Crippen LogP contribution in [0.15, 0.2) is 24.4 Å². The number of rotatable bonds is 3. The number of halogens is 3. The third-order valence-electron chi connectivity index (χ3n) is 2.21. The molecule has 0 bridgehead atoms. The summed E-state index contributed by atoms with van der Waals surface area (Å²) in [6.07, 6.45) is 1.05. The maximum Gasteiger partial charge on any atom is 0.272 e. The minimum Gasteiger partial charge on any atom is -0.491 e. The highest BCUT2D eigenvalue weighted by Gasteiger charge is 2.17. The van der Waals surface area contributed by atoms with Gasteiger partial charge in [0, 0.05) is 18.2 Å². The van der Waals surface area contributed by atoms with Crippen molar-refractivity contribution in [1.82, 2.24) is 4.98 Å². The second-order valence-corrected chi connectivity index (χ2v) is 4.39. The summed E-state index contributed by atoms with van der Waals surface area (Å²) in [5, 5.41) is 19.3. The second kappa shape index (κ2) is 5.48. The van der Waals surface area contributed by atoms with Crippen molar-refractivity contribution >= 4 is 28.9 Å². The van der Waals surface area contributed by atoms with Crippen LogP contribution in [0.2, 0.25) is 10.0 Å². The Morgan fingerprint density at radius 1 is 1.30 bits per heavy atom. The highest BCUT2D eigenvalue weighted by Crippen LogP contribution is 2.39. The van der Waals surface area contributed by atoms with E-state index in [2.05, 4.69) is 4.98 Å². The normalized spacial score (nSPS) is 10.3. The van der Waals surface area contributed by atoms with Crippen LogP contribution in [0.1, 0.15) is 0 Å². The number of nitrogens with zero attached hydrogens (tertiary/aromatic N) is 2. The zero-order valence-electron chi connectivity index (χ0n) is 9.51. The summed E-state index contributed by atoms with van der Waals surface area (Å²) in [6, 6.07) is 2.97. The summed E-state index contributed by atoms with van der Waals surface area (Å²) in [7, 11) is 0. The van der Waals surface area contributed by atoms with Gasteiger partial charge < -0.3 is 9.84 Å². The van der Waals surface area contributed by atoms with Crippen molar-refractivity contribution in [3.63, 3.8) is 0 Å². The zero-order chi connectivity index (χ0) is 14.9. The van der Waals surface area contributed by atoms with Crippen molar-refractivity contribution < 1.29 is 19.2 Å². The van der Waals surface area contributed by atoms with Crippen LogP contribution in [0.25, 0.3) is 0 Å². The minimum absolute atomic E-state index is 0.0713. The number of hydrogen-bond donors (Lipinski definition) is 1. The number of aromatic hydroxyl groups is 1. The van der Waals surface area contributed by atoms with Gasteiger partial charge in [0.2, 0.25) is 5.88 Å². The smallest absolute Gasteiger partial charge is 0.272 e. The number of non-ortho nitro benzene ring substituents is 1. The fraction of sp³-hybridized carbons (Fsp3) is 0. The van der Waals surface area contributed by atoms with Gasteiger partial charge in [-0.1, -0.05) is 23.2 Å². The zero-order valence-corrected chi connectivity index (χ0v) is 11.0. The van der Waals surface area contributed by atoms with Crippen LogP contribution in [-0.4, -0.2) is 15.0 Å². The van der Waals surface area contributed by atoms with Crippen LogP contribution in [0, 0.1) is 15.9 Å². The minimum atomic E-state index is -0.989. The fourth-order valence-electron chi connectivity index (χ4n) is 1.34. The lowest BCUT2D eigenvalue weighted by molar-refractivity contribution is -0.384. The molecule has 0 amide bonds. The van der Waals surface area contributed by atoms with Crippen molar-refractivity contribution in [3.05, 3.63) is 50.4 Å². The van der Waals surface area contributed by atoms with Crippen molar-refractivity contribution in [3.8, 4) is 17.4 Å². The number of pyridine rings is 1. The molecule has 0 atom stereocenters. The highest BCUT2D eigenvalue weighted by atomic mass is 35.5. The number of benzene rings is 1. The lowest BCUT2D eigenvalue weighted by Gasteiger charge is -2.09. The molecule has 1 aromatic carbocycles. The third kappa shape index (κ3) is 2.89. The molecular weight excluding hydrogens is 314 g/mol. The van der Waals surface area contributed by atoms with Gasteiger partial charge in [0.25, 0.3) is 5.69 Å². The summed E-state index contributed by atoms with van der Waals surface area (Å²) in [5.41, 5.74) is -0.303. The van der Waals surface area contributed by atoms with Crippen LogP contribution < -0.4 is 4.74 Å². The molecule has 2 aromatic rings. The van der Waals surface area contributed by atoms with Crippen LogP contribution in [0.4, 0.5) is 10.1 Å². The van der Waals surface area contributed by atoms with Crippen molar-refractivity contribution in [2.45, 2.75) is 0 Å². The largest absolute Gasteiger partial charge is 0.491 e. The Balaban J connectivity index is 2.38. The van der Waals surface area contributed by atoms with Crippen molar-refractivity contribution in [2.24, 2.45) is 0 Å². The Kier molecular flexibility index (Phi) is 3.91. The molecule has 104 valence electrons. The lowest BCUT2D eigenvalue weighted by Crippen LogP contribution is -1.92. The highest BCUT2D eigenvalue weighted by molar-refractivity contribution is 6.37. The lowest BCUT2D eigenvalue weighted by atomic mass is 10.3. The molecule has 0 spiro atoms. The van der Waals surface area contributed by atoms with Gasteiger partial charge in [0.1, 0.15) is 5.75 Å².